The van der Waals surface area contributed by atoms with Gasteiger partial charge in [-0.15, -0.1) is 0 Å². The van der Waals surface area contributed by atoms with E-state index < -0.39 is 78.0 Å². The van der Waals surface area contributed by atoms with E-state index in [4.69, 9.17) is 34.2 Å². The Kier molecular flexibility index (Phi) is 17.2. The summed E-state index contributed by atoms with van der Waals surface area (Å²) in [6, 6.07) is 6.73. The van der Waals surface area contributed by atoms with Gasteiger partial charge in [0, 0.05) is 36.6 Å². The minimum atomic E-state index is -1.55. The van der Waals surface area contributed by atoms with Crippen LogP contribution in [0.1, 0.15) is 141 Å². The van der Waals surface area contributed by atoms with Crippen molar-refractivity contribution in [3.8, 4) is 0 Å². The number of fused-ring (bicyclic) bond motifs is 5. The molecular formula is C53H82N2O13. The van der Waals surface area contributed by atoms with Crippen molar-refractivity contribution in [2.24, 2.45) is 52.1 Å². The van der Waals surface area contributed by atoms with Gasteiger partial charge in [-0.1, -0.05) is 83.7 Å². The van der Waals surface area contributed by atoms with Crippen LogP contribution in [-0.2, 0) is 33.2 Å². The van der Waals surface area contributed by atoms with Gasteiger partial charge in [-0.05, 0) is 112 Å². The van der Waals surface area contributed by atoms with E-state index in [1.54, 1.807) is 31.2 Å². The van der Waals surface area contributed by atoms with Crippen LogP contribution >= 0.6 is 0 Å². The fourth-order valence-electron chi connectivity index (χ4n) is 13.1. The number of alkyl carbamates (subject to hydrolysis) is 1. The molecule has 0 bridgehead atoms. The summed E-state index contributed by atoms with van der Waals surface area (Å²) in [5, 5.41) is 49.5. The standard InChI is InChI=1S/C53H82N2O13/c1-30(2)12-19-40(56)33(5)53(62)43(66-48-32(4)45(42(58)29-63-48)68-49-46(44(59)41(57)28-64-49)67-47(60)34-15-13-31(3)14-16-34)27-39-37-18-17-35-26-36(65-50(61)55-25-11-9-8-10-24-54)20-22-51(35,6)38(37)21-23-52(39,53)7/h13-17,30,32-33,36-39,41-46,48-49,57-59,62H,8-12,18-29,54H2,1-7H3,(H,55,61)/t32?,33-,36+,37-,38?,39+,41?,42?,43+,44?,45?,46?,48?,49?,51+,52+,53-/m1/s1. The Balaban J connectivity index is 1.08. The van der Waals surface area contributed by atoms with Crippen molar-refractivity contribution in [3.05, 3.63) is 47.0 Å². The van der Waals surface area contributed by atoms with Gasteiger partial charge in [-0.2, -0.15) is 0 Å². The number of ether oxygens (including phenoxy) is 6. The summed E-state index contributed by atoms with van der Waals surface area (Å²) >= 11 is 0. The Morgan fingerprint density at radius 1 is 0.882 bits per heavy atom. The quantitative estimate of drug-likeness (QED) is 0.0541. The summed E-state index contributed by atoms with van der Waals surface area (Å²) in [7, 11) is 0. The number of hydrogen-bond donors (Lipinski definition) is 6. The Morgan fingerprint density at radius 2 is 1.59 bits per heavy atom. The van der Waals surface area contributed by atoms with Crippen LogP contribution in [-0.4, -0.2) is 125 Å². The number of Topliss-reactive ketones (excluding diaryl/α,β-unsaturated/α-hetero) is 1. The number of nitrogens with one attached hydrogen (secondary N) is 1. The first-order chi connectivity index (χ1) is 32.3. The number of benzene rings is 1. The van der Waals surface area contributed by atoms with Crippen molar-refractivity contribution < 1.29 is 63.2 Å². The monoisotopic (exact) mass is 955 g/mol. The predicted molar refractivity (Wildman–Crippen MR) is 253 cm³/mol. The molecular weight excluding hydrogens is 873 g/mol. The van der Waals surface area contributed by atoms with Crippen LogP contribution in [0.4, 0.5) is 4.79 Å². The number of nitrogens with two attached hydrogens (primary N) is 1. The molecule has 2 heterocycles. The zero-order chi connectivity index (χ0) is 49.1. The van der Waals surface area contributed by atoms with E-state index in [0.717, 1.165) is 56.9 Å². The summed E-state index contributed by atoms with van der Waals surface area (Å²) in [5.41, 5.74) is 5.82. The Bertz CT molecular complexity index is 1910. The Hall–Kier alpha value is -2.99. The molecule has 1 amide bonds. The number of unbranched alkanes of at least 4 members (excludes halogenated alkanes) is 3. The van der Waals surface area contributed by atoms with Gasteiger partial charge < -0.3 is 59.9 Å². The normalized spacial score (nSPS) is 39.5. The molecule has 7 rings (SSSR count). The third-order valence-electron chi connectivity index (χ3n) is 17.4. The molecule has 1 aromatic carbocycles. The van der Waals surface area contributed by atoms with Crippen molar-refractivity contribution in [1.82, 2.24) is 5.32 Å². The zero-order valence-electron chi connectivity index (χ0n) is 41.6. The number of carbonyl (C=O) groups is 3. The van der Waals surface area contributed by atoms with Crippen LogP contribution in [0.2, 0.25) is 0 Å². The summed E-state index contributed by atoms with van der Waals surface area (Å²) < 4.78 is 37.2. The summed E-state index contributed by atoms with van der Waals surface area (Å²) in [5.74, 6) is -1.27. The van der Waals surface area contributed by atoms with Crippen LogP contribution in [0.5, 0.6) is 0 Å². The molecule has 7 N–H and O–H groups in total. The summed E-state index contributed by atoms with van der Waals surface area (Å²) in [6.07, 6.45) is 2.48. The first-order valence-corrected chi connectivity index (χ1v) is 25.8. The van der Waals surface area contributed by atoms with Crippen LogP contribution < -0.4 is 11.1 Å². The van der Waals surface area contributed by atoms with Crippen molar-refractivity contribution in [2.75, 3.05) is 26.3 Å². The SMILES string of the molecule is Cc1ccc(C(=O)OC2C(OC3C(O)COC(O[C@H]4C[C@H]5[C@@H]6CC=C7C[C@@H](OC(=O)NCCCCCCN)CC[C@]7(C)C6CC[C@]5(C)[C@@]4(O)[C@H](C)C(=O)CCC(C)C)C3C)OCC(O)C2O)cc1. The zero-order valence-corrected chi connectivity index (χ0v) is 41.6. The number of esters is 1. The molecule has 6 aliphatic rings. The van der Waals surface area contributed by atoms with Gasteiger partial charge in [-0.25, -0.2) is 9.59 Å². The average molecular weight is 955 g/mol. The van der Waals surface area contributed by atoms with Crippen LogP contribution in [0, 0.1) is 53.3 Å². The van der Waals surface area contributed by atoms with Gasteiger partial charge in [0.2, 0.25) is 0 Å². The van der Waals surface area contributed by atoms with E-state index >= 15 is 0 Å². The number of aliphatic hydroxyl groups excluding tert-OH is 3. The van der Waals surface area contributed by atoms with Gasteiger partial charge >= 0.3 is 12.1 Å². The van der Waals surface area contributed by atoms with Gasteiger partial charge in [0.1, 0.15) is 35.8 Å². The second-order valence-electron chi connectivity index (χ2n) is 22.1. The number of ketones is 1. The second-order valence-corrected chi connectivity index (χ2v) is 22.1. The first kappa shape index (κ1) is 52.8. The average Bonchev–Trinajstić information content (AvgIpc) is 3.54. The van der Waals surface area contributed by atoms with Crippen molar-refractivity contribution in [1.29, 1.82) is 0 Å². The number of aryl methyl sites for hydroxylation is 1. The van der Waals surface area contributed by atoms with Crippen molar-refractivity contribution in [2.45, 2.75) is 193 Å². The molecule has 0 spiro atoms. The highest BCUT2D eigenvalue weighted by Gasteiger charge is 2.70. The van der Waals surface area contributed by atoms with Crippen molar-refractivity contribution in [3.63, 3.8) is 0 Å². The van der Waals surface area contributed by atoms with Crippen molar-refractivity contribution >= 4 is 17.8 Å². The molecule has 2 aliphatic heterocycles. The molecule has 4 aliphatic carbocycles. The van der Waals surface area contributed by atoms with E-state index in [2.05, 4.69) is 39.1 Å². The molecule has 1 aromatic rings. The number of hydrogen-bond acceptors (Lipinski definition) is 14. The third kappa shape index (κ3) is 10.8. The van der Waals surface area contributed by atoms with Crippen LogP contribution in [0.15, 0.2) is 35.9 Å². The Labute approximate surface area is 403 Å². The fourth-order valence-corrected chi connectivity index (χ4v) is 13.1. The second kappa shape index (κ2) is 22.2. The number of carbonyl (C=O) groups excluding carboxylic acids is 3. The van der Waals surface area contributed by atoms with Gasteiger partial charge in [0.05, 0.1) is 31.0 Å². The molecule has 0 aromatic heterocycles. The molecule has 5 fully saturated rings. The van der Waals surface area contributed by atoms with Crippen LogP contribution in [0.25, 0.3) is 0 Å². The number of allylic oxidation sites excluding steroid dienone is 1. The summed E-state index contributed by atoms with van der Waals surface area (Å²) in [6.45, 7) is 15.0. The number of amides is 1. The third-order valence-corrected chi connectivity index (χ3v) is 17.4. The first-order valence-electron chi connectivity index (χ1n) is 25.8. The number of aliphatic hydroxyl groups is 4. The molecule has 17 atom stereocenters. The smallest absolute Gasteiger partial charge is 0.407 e. The molecule has 382 valence electrons. The molecule has 15 nitrogen and oxygen atoms in total. The fraction of sp³-hybridized carbons (Fsp3) is 0.792. The lowest BCUT2D eigenvalue weighted by Gasteiger charge is -2.59. The van der Waals surface area contributed by atoms with Gasteiger partial charge in [-0.3, -0.25) is 4.79 Å². The maximum atomic E-state index is 14.2. The van der Waals surface area contributed by atoms with E-state index in [-0.39, 0.29) is 54.0 Å². The van der Waals surface area contributed by atoms with E-state index in [1.165, 1.54) is 5.57 Å². The maximum Gasteiger partial charge on any atom is 0.407 e. The molecule has 68 heavy (non-hydrogen) atoms. The molecule has 9 unspecified atom stereocenters. The minimum absolute atomic E-state index is 0.00111. The van der Waals surface area contributed by atoms with Gasteiger partial charge in [0.25, 0.3) is 0 Å². The predicted octanol–water partition coefficient (Wildman–Crippen LogP) is 6.28. The lowest BCUT2D eigenvalue weighted by molar-refractivity contribution is -0.333. The highest BCUT2D eigenvalue weighted by Crippen LogP contribution is 2.69. The lowest BCUT2D eigenvalue weighted by atomic mass is 9.46. The van der Waals surface area contributed by atoms with E-state index in [0.29, 0.717) is 57.0 Å². The highest BCUT2D eigenvalue weighted by atomic mass is 16.7. The van der Waals surface area contributed by atoms with E-state index in [1.807, 2.05) is 13.8 Å². The largest absolute Gasteiger partial charge is 0.450 e. The van der Waals surface area contributed by atoms with Gasteiger partial charge in [0.15, 0.2) is 18.7 Å². The molecule has 3 saturated carbocycles. The Morgan fingerprint density at radius 3 is 2.31 bits per heavy atom. The number of rotatable bonds is 18. The summed E-state index contributed by atoms with van der Waals surface area (Å²) in [4.78, 5) is 40.3. The molecule has 0 radical (unpaired) electrons. The molecule has 2 saturated heterocycles. The lowest BCUT2D eigenvalue weighted by Crippen LogP contribution is -2.62. The molecule has 15 heteroatoms. The highest BCUT2D eigenvalue weighted by molar-refractivity contribution is 5.89. The van der Waals surface area contributed by atoms with Crippen LogP contribution in [0.3, 0.4) is 0 Å². The van der Waals surface area contributed by atoms with E-state index in [9.17, 15) is 34.8 Å². The minimum Gasteiger partial charge on any atom is -0.450 e. The maximum absolute atomic E-state index is 14.2. The topological polar surface area (TPSA) is 226 Å².